The van der Waals surface area contributed by atoms with Gasteiger partial charge in [-0.25, -0.2) is 9.97 Å². The van der Waals surface area contributed by atoms with E-state index in [-0.39, 0.29) is 11.8 Å². The van der Waals surface area contributed by atoms with E-state index >= 15 is 0 Å². The van der Waals surface area contributed by atoms with Crippen molar-refractivity contribution in [2.24, 2.45) is 0 Å². The molecule has 0 spiro atoms. The number of pyridine rings is 1. The molecule has 0 bridgehead atoms. The number of nitrogens with one attached hydrogen (secondary N) is 1. The van der Waals surface area contributed by atoms with Gasteiger partial charge in [0.2, 0.25) is 17.8 Å². The molecule has 0 saturated carbocycles. The number of likely N-dealkylation sites (N-methyl/N-ethyl adjacent to an activating group) is 2. The number of rotatable bonds is 6. The van der Waals surface area contributed by atoms with E-state index in [2.05, 4.69) is 32.1 Å². The second-order valence-corrected chi connectivity index (χ2v) is 11.5. The number of hydrogen-bond donors (Lipinski definition) is 1. The normalized spacial score (nSPS) is 18.4. The molecule has 11 nitrogen and oxygen atoms in total. The van der Waals surface area contributed by atoms with E-state index in [0.717, 1.165) is 61.7 Å². The molecule has 11 heteroatoms. The maximum atomic E-state index is 13.0. The number of ether oxygens (including phenoxy) is 1. The van der Waals surface area contributed by atoms with Crippen molar-refractivity contribution in [1.29, 1.82) is 0 Å². The van der Waals surface area contributed by atoms with Crippen LogP contribution in [-0.2, 0) is 15.2 Å². The fraction of sp³-hybridized carbons (Fsp3) is 0.433. The average Bonchev–Trinajstić information content (AvgIpc) is 3.39. The monoisotopic (exact) mass is 556 g/mol. The van der Waals surface area contributed by atoms with Gasteiger partial charge < -0.3 is 24.8 Å². The fourth-order valence-electron chi connectivity index (χ4n) is 5.58. The predicted molar refractivity (Wildman–Crippen MR) is 158 cm³/mol. The molecule has 0 atom stereocenters. The van der Waals surface area contributed by atoms with Crippen LogP contribution in [0.25, 0.3) is 11.1 Å². The largest absolute Gasteiger partial charge is 0.481 e. The summed E-state index contributed by atoms with van der Waals surface area (Å²) in [6, 6.07) is 7.74. The van der Waals surface area contributed by atoms with Gasteiger partial charge in [0.05, 0.1) is 36.0 Å². The number of amides is 2. The summed E-state index contributed by atoms with van der Waals surface area (Å²) in [7, 11) is 3.88. The molecule has 214 valence electrons. The minimum Gasteiger partial charge on any atom is -0.481 e. The SMILES string of the molecule is CN1CCN(CC(=O)N(C)c2cncc(Nc3ncc4c(n3)C(C)(C)Oc3cc(N5CCCC5=O)ccc3-4)c2)CC1. The van der Waals surface area contributed by atoms with Crippen LogP contribution in [0.15, 0.2) is 42.9 Å². The highest BCUT2D eigenvalue weighted by molar-refractivity contribution is 5.96. The first-order valence-electron chi connectivity index (χ1n) is 14.1. The third-order valence-corrected chi connectivity index (χ3v) is 8.06. The molecule has 0 unspecified atom stereocenters. The van der Waals surface area contributed by atoms with E-state index in [0.29, 0.717) is 36.0 Å². The lowest BCUT2D eigenvalue weighted by atomic mass is 9.91. The summed E-state index contributed by atoms with van der Waals surface area (Å²) in [6.45, 7) is 8.75. The van der Waals surface area contributed by atoms with Gasteiger partial charge in [-0.1, -0.05) is 0 Å². The Morgan fingerprint density at radius 1 is 1.07 bits per heavy atom. The van der Waals surface area contributed by atoms with Crippen LogP contribution in [0.5, 0.6) is 5.75 Å². The molecule has 2 amide bonds. The van der Waals surface area contributed by atoms with Gasteiger partial charge in [0.1, 0.15) is 11.4 Å². The van der Waals surface area contributed by atoms with Crippen molar-refractivity contribution in [1.82, 2.24) is 24.8 Å². The van der Waals surface area contributed by atoms with Crippen LogP contribution >= 0.6 is 0 Å². The summed E-state index contributed by atoms with van der Waals surface area (Å²) in [4.78, 5) is 46.9. The topological polar surface area (TPSA) is 107 Å². The van der Waals surface area contributed by atoms with Crippen LogP contribution in [0.3, 0.4) is 0 Å². The van der Waals surface area contributed by atoms with Gasteiger partial charge in [-0.05, 0) is 45.5 Å². The van der Waals surface area contributed by atoms with E-state index in [9.17, 15) is 9.59 Å². The van der Waals surface area contributed by atoms with Crippen molar-refractivity contribution in [2.45, 2.75) is 32.3 Å². The molecule has 2 aromatic heterocycles. The van der Waals surface area contributed by atoms with Crippen LogP contribution in [0.2, 0.25) is 0 Å². The maximum absolute atomic E-state index is 13.0. The molecule has 41 heavy (non-hydrogen) atoms. The lowest BCUT2D eigenvalue weighted by molar-refractivity contribution is -0.120. The summed E-state index contributed by atoms with van der Waals surface area (Å²) in [6.07, 6.45) is 6.62. The standard InChI is InChI=1S/C30H36N8O3/c1-30(2)28-24(23-8-7-21(15-25(23)41-30)38-9-5-6-26(38)39)18-32-29(34-28)33-20-14-22(17-31-16-20)36(4)27(40)19-37-12-10-35(3)11-13-37/h7-8,14-18H,5-6,9-13,19H2,1-4H3,(H,32,33,34). The number of anilines is 4. The molecule has 3 aliphatic rings. The molecule has 6 rings (SSSR count). The smallest absolute Gasteiger partial charge is 0.240 e. The zero-order valence-corrected chi connectivity index (χ0v) is 24.1. The maximum Gasteiger partial charge on any atom is 0.240 e. The lowest BCUT2D eigenvalue weighted by Gasteiger charge is -2.34. The first-order valence-corrected chi connectivity index (χ1v) is 14.1. The zero-order valence-electron chi connectivity index (χ0n) is 24.1. The van der Waals surface area contributed by atoms with Crippen molar-refractivity contribution in [3.05, 3.63) is 48.5 Å². The Morgan fingerprint density at radius 3 is 2.63 bits per heavy atom. The van der Waals surface area contributed by atoms with Crippen molar-refractivity contribution in [3.8, 4) is 16.9 Å². The quantitative estimate of drug-likeness (QED) is 0.490. The Hall–Kier alpha value is -4.09. The number of hydrogen-bond acceptors (Lipinski definition) is 9. The number of nitrogens with zero attached hydrogens (tertiary/aromatic N) is 7. The number of benzene rings is 1. The van der Waals surface area contributed by atoms with Crippen molar-refractivity contribution in [2.75, 3.05) is 68.5 Å². The van der Waals surface area contributed by atoms with Crippen molar-refractivity contribution < 1.29 is 14.3 Å². The van der Waals surface area contributed by atoms with Gasteiger partial charge in [-0.3, -0.25) is 19.5 Å². The van der Waals surface area contributed by atoms with Gasteiger partial charge in [0.25, 0.3) is 0 Å². The molecular weight excluding hydrogens is 520 g/mol. The van der Waals surface area contributed by atoms with Crippen LogP contribution < -0.4 is 19.9 Å². The van der Waals surface area contributed by atoms with Crippen LogP contribution in [0.4, 0.5) is 23.0 Å². The molecule has 0 aliphatic carbocycles. The highest BCUT2D eigenvalue weighted by atomic mass is 16.5. The summed E-state index contributed by atoms with van der Waals surface area (Å²) >= 11 is 0. The summed E-state index contributed by atoms with van der Waals surface area (Å²) in [5.74, 6) is 1.29. The van der Waals surface area contributed by atoms with Gasteiger partial charge in [0, 0.05) is 75.3 Å². The highest BCUT2D eigenvalue weighted by Gasteiger charge is 2.36. The first kappa shape index (κ1) is 27.1. The first-order chi connectivity index (χ1) is 19.7. The highest BCUT2D eigenvalue weighted by Crippen LogP contribution is 2.46. The van der Waals surface area contributed by atoms with Crippen LogP contribution in [-0.4, -0.2) is 89.9 Å². The van der Waals surface area contributed by atoms with Crippen molar-refractivity contribution >= 4 is 34.8 Å². The number of aromatic nitrogens is 3. The van der Waals surface area contributed by atoms with Crippen LogP contribution in [0, 0.1) is 0 Å². The second kappa shape index (κ2) is 10.7. The summed E-state index contributed by atoms with van der Waals surface area (Å²) < 4.78 is 6.41. The molecule has 3 aliphatic heterocycles. The average molecular weight is 557 g/mol. The van der Waals surface area contributed by atoms with Gasteiger partial charge in [-0.15, -0.1) is 0 Å². The molecular formula is C30H36N8O3. The number of carbonyl (C=O) groups excluding carboxylic acids is 2. The number of piperazine rings is 1. The second-order valence-electron chi connectivity index (χ2n) is 11.5. The molecule has 0 radical (unpaired) electrons. The number of fused-ring (bicyclic) bond motifs is 3. The summed E-state index contributed by atoms with van der Waals surface area (Å²) in [5, 5.41) is 3.25. The molecule has 2 saturated heterocycles. The number of carbonyl (C=O) groups is 2. The zero-order chi connectivity index (χ0) is 28.7. The summed E-state index contributed by atoms with van der Waals surface area (Å²) in [5.41, 5.74) is 4.05. The molecule has 2 fully saturated rings. The molecule has 5 heterocycles. The Kier molecular flexibility index (Phi) is 7.08. The van der Waals surface area contributed by atoms with E-state index in [1.165, 1.54) is 0 Å². The van der Waals surface area contributed by atoms with E-state index < -0.39 is 5.60 Å². The van der Waals surface area contributed by atoms with Gasteiger partial charge in [0.15, 0.2) is 0 Å². The van der Waals surface area contributed by atoms with Crippen molar-refractivity contribution in [3.63, 3.8) is 0 Å². The Morgan fingerprint density at radius 2 is 1.88 bits per heavy atom. The Balaban J connectivity index is 1.19. The minimum atomic E-state index is -0.717. The Bertz CT molecular complexity index is 1480. The molecule has 3 aromatic rings. The molecule has 1 N–H and O–H groups in total. The third kappa shape index (κ3) is 5.47. The van der Waals surface area contributed by atoms with Crippen LogP contribution in [0.1, 0.15) is 32.4 Å². The Labute approximate surface area is 240 Å². The minimum absolute atomic E-state index is 0.0216. The van der Waals surface area contributed by atoms with Gasteiger partial charge >= 0.3 is 0 Å². The third-order valence-electron chi connectivity index (χ3n) is 8.06. The fourth-order valence-corrected chi connectivity index (χ4v) is 5.58. The van der Waals surface area contributed by atoms with E-state index in [1.54, 1.807) is 30.5 Å². The predicted octanol–water partition coefficient (Wildman–Crippen LogP) is 3.25. The van der Waals surface area contributed by atoms with E-state index in [1.807, 2.05) is 43.0 Å². The van der Waals surface area contributed by atoms with E-state index in [4.69, 9.17) is 9.72 Å². The molecule has 1 aromatic carbocycles. The van der Waals surface area contributed by atoms with Gasteiger partial charge in [-0.2, -0.15) is 0 Å². The lowest BCUT2D eigenvalue weighted by Crippen LogP contribution is -2.48.